The van der Waals surface area contributed by atoms with Crippen molar-refractivity contribution in [1.82, 2.24) is 0 Å². The highest BCUT2D eigenvalue weighted by atomic mass is 16.7. The Hall–Kier alpha value is -0.410. The fraction of sp³-hybridized carbons (Fsp3) is 0.909. The van der Waals surface area contributed by atoms with Gasteiger partial charge < -0.3 is 14.3 Å². The predicted octanol–water partition coefficient (Wildman–Crippen LogP) is 2.14. The molecule has 0 aromatic carbocycles. The van der Waals surface area contributed by atoms with Gasteiger partial charge >= 0.3 is 0 Å². The SMILES string of the molecule is CCC1(CCCC(C)C=O)OCCO1. The molecule has 14 heavy (non-hydrogen) atoms. The van der Waals surface area contributed by atoms with E-state index in [9.17, 15) is 4.79 Å². The summed E-state index contributed by atoms with van der Waals surface area (Å²) in [6, 6.07) is 0. The van der Waals surface area contributed by atoms with Crippen LogP contribution in [0.4, 0.5) is 0 Å². The van der Waals surface area contributed by atoms with Crippen LogP contribution in [0.5, 0.6) is 0 Å². The highest BCUT2D eigenvalue weighted by molar-refractivity contribution is 5.52. The average molecular weight is 200 g/mol. The number of rotatable bonds is 6. The third-order valence-corrected chi connectivity index (χ3v) is 2.80. The molecule has 0 amide bonds. The van der Waals surface area contributed by atoms with Gasteiger partial charge in [-0.05, 0) is 19.3 Å². The second-order valence-corrected chi connectivity index (χ2v) is 3.97. The maximum atomic E-state index is 10.4. The minimum absolute atomic E-state index is 0.158. The molecule has 0 aromatic heterocycles. The van der Waals surface area contributed by atoms with Crippen LogP contribution < -0.4 is 0 Å². The summed E-state index contributed by atoms with van der Waals surface area (Å²) in [6.07, 6.45) is 4.73. The molecule has 82 valence electrons. The van der Waals surface area contributed by atoms with Crippen LogP contribution in [0.15, 0.2) is 0 Å². The summed E-state index contributed by atoms with van der Waals surface area (Å²) in [4.78, 5) is 10.4. The van der Waals surface area contributed by atoms with E-state index in [1.807, 2.05) is 6.92 Å². The average Bonchev–Trinajstić information content (AvgIpc) is 2.67. The van der Waals surface area contributed by atoms with Crippen LogP contribution in [0.3, 0.4) is 0 Å². The van der Waals surface area contributed by atoms with Gasteiger partial charge in [0.05, 0.1) is 13.2 Å². The monoisotopic (exact) mass is 200 g/mol. The fourth-order valence-electron chi connectivity index (χ4n) is 1.78. The zero-order chi connectivity index (χ0) is 10.4. The van der Waals surface area contributed by atoms with Crippen molar-refractivity contribution >= 4 is 6.29 Å². The molecule has 0 bridgehead atoms. The van der Waals surface area contributed by atoms with Gasteiger partial charge in [-0.3, -0.25) is 0 Å². The summed E-state index contributed by atoms with van der Waals surface area (Å²) in [7, 11) is 0. The number of carbonyl (C=O) groups is 1. The van der Waals surface area contributed by atoms with Gasteiger partial charge in [0.2, 0.25) is 0 Å². The van der Waals surface area contributed by atoms with Crippen LogP contribution in [-0.4, -0.2) is 25.3 Å². The first-order valence-corrected chi connectivity index (χ1v) is 5.45. The maximum Gasteiger partial charge on any atom is 0.168 e. The first-order chi connectivity index (χ1) is 6.72. The van der Waals surface area contributed by atoms with Gasteiger partial charge in [-0.1, -0.05) is 13.8 Å². The molecule has 1 fully saturated rings. The van der Waals surface area contributed by atoms with Gasteiger partial charge in [-0.15, -0.1) is 0 Å². The van der Waals surface area contributed by atoms with E-state index < -0.39 is 0 Å². The second kappa shape index (κ2) is 5.47. The number of hydrogen-bond donors (Lipinski definition) is 0. The minimum atomic E-state index is -0.345. The molecule has 1 heterocycles. The molecular weight excluding hydrogens is 180 g/mol. The quantitative estimate of drug-likeness (QED) is 0.616. The van der Waals surface area contributed by atoms with E-state index >= 15 is 0 Å². The molecule has 1 rings (SSSR count). The third kappa shape index (κ3) is 3.07. The molecule has 0 N–H and O–H groups in total. The highest BCUT2D eigenvalue weighted by Crippen LogP contribution is 2.29. The number of hydrogen-bond acceptors (Lipinski definition) is 3. The van der Waals surface area contributed by atoms with Gasteiger partial charge in [0.25, 0.3) is 0 Å². The van der Waals surface area contributed by atoms with Crippen molar-refractivity contribution in [3.05, 3.63) is 0 Å². The van der Waals surface area contributed by atoms with Crippen LogP contribution in [0.1, 0.15) is 39.5 Å². The number of aldehydes is 1. The number of carbonyl (C=O) groups excluding carboxylic acids is 1. The molecule has 0 spiro atoms. The Balaban J connectivity index is 2.24. The normalized spacial score (nSPS) is 22.1. The topological polar surface area (TPSA) is 35.5 Å². The number of ether oxygens (including phenoxy) is 2. The van der Waals surface area contributed by atoms with Crippen LogP contribution in [0.25, 0.3) is 0 Å². The Morgan fingerprint density at radius 3 is 2.57 bits per heavy atom. The summed E-state index contributed by atoms with van der Waals surface area (Å²) < 4.78 is 11.2. The Labute approximate surface area is 85.8 Å². The lowest BCUT2D eigenvalue weighted by Crippen LogP contribution is -2.29. The Morgan fingerprint density at radius 2 is 2.07 bits per heavy atom. The Kier molecular flexibility index (Phi) is 4.55. The summed E-state index contributed by atoms with van der Waals surface area (Å²) >= 11 is 0. The van der Waals surface area contributed by atoms with Crippen molar-refractivity contribution < 1.29 is 14.3 Å². The summed E-state index contributed by atoms with van der Waals surface area (Å²) in [5.41, 5.74) is 0. The lowest BCUT2D eigenvalue weighted by molar-refractivity contribution is -0.165. The predicted molar refractivity (Wildman–Crippen MR) is 54.0 cm³/mol. The smallest absolute Gasteiger partial charge is 0.168 e. The van der Waals surface area contributed by atoms with Crippen LogP contribution in [0, 0.1) is 5.92 Å². The van der Waals surface area contributed by atoms with E-state index in [2.05, 4.69) is 6.92 Å². The fourth-order valence-corrected chi connectivity index (χ4v) is 1.78. The zero-order valence-corrected chi connectivity index (χ0v) is 9.12. The van der Waals surface area contributed by atoms with Crippen LogP contribution >= 0.6 is 0 Å². The van der Waals surface area contributed by atoms with Gasteiger partial charge in [-0.2, -0.15) is 0 Å². The van der Waals surface area contributed by atoms with E-state index in [-0.39, 0.29) is 11.7 Å². The van der Waals surface area contributed by atoms with Crippen LogP contribution in [0.2, 0.25) is 0 Å². The third-order valence-electron chi connectivity index (χ3n) is 2.80. The molecule has 3 nitrogen and oxygen atoms in total. The molecule has 1 saturated heterocycles. The molecule has 1 aliphatic rings. The van der Waals surface area contributed by atoms with E-state index in [0.717, 1.165) is 32.0 Å². The minimum Gasteiger partial charge on any atom is -0.348 e. The van der Waals surface area contributed by atoms with Crippen molar-refractivity contribution in [2.24, 2.45) is 5.92 Å². The molecule has 0 radical (unpaired) electrons. The molecule has 1 aliphatic heterocycles. The van der Waals surface area contributed by atoms with E-state index in [1.165, 1.54) is 0 Å². The van der Waals surface area contributed by atoms with Gasteiger partial charge in [-0.25, -0.2) is 0 Å². The first kappa shape index (κ1) is 11.7. The Bertz CT molecular complexity index is 173. The lowest BCUT2D eigenvalue weighted by Gasteiger charge is -2.25. The van der Waals surface area contributed by atoms with Crippen LogP contribution in [-0.2, 0) is 14.3 Å². The second-order valence-electron chi connectivity index (χ2n) is 3.97. The van der Waals surface area contributed by atoms with Crippen molar-refractivity contribution in [2.45, 2.75) is 45.3 Å². The summed E-state index contributed by atoms with van der Waals surface area (Å²) in [5, 5.41) is 0. The lowest BCUT2D eigenvalue weighted by atomic mass is 10.0. The van der Waals surface area contributed by atoms with Gasteiger partial charge in [0.1, 0.15) is 6.29 Å². The van der Waals surface area contributed by atoms with Gasteiger partial charge in [0.15, 0.2) is 5.79 Å². The largest absolute Gasteiger partial charge is 0.348 e. The van der Waals surface area contributed by atoms with Gasteiger partial charge in [0, 0.05) is 12.3 Å². The van der Waals surface area contributed by atoms with E-state index in [1.54, 1.807) is 0 Å². The highest BCUT2D eigenvalue weighted by Gasteiger charge is 2.33. The molecule has 1 atom stereocenters. The van der Waals surface area contributed by atoms with Crippen molar-refractivity contribution in [3.8, 4) is 0 Å². The van der Waals surface area contributed by atoms with Crippen molar-refractivity contribution in [2.75, 3.05) is 13.2 Å². The molecule has 0 saturated carbocycles. The molecular formula is C11H20O3. The molecule has 0 aliphatic carbocycles. The van der Waals surface area contributed by atoms with E-state index in [0.29, 0.717) is 13.2 Å². The molecule has 1 unspecified atom stereocenters. The van der Waals surface area contributed by atoms with Crippen molar-refractivity contribution in [3.63, 3.8) is 0 Å². The molecule has 0 aromatic rings. The Morgan fingerprint density at radius 1 is 1.43 bits per heavy atom. The summed E-state index contributed by atoms with van der Waals surface area (Å²) in [5.74, 6) is -0.187. The first-order valence-electron chi connectivity index (χ1n) is 5.45. The summed E-state index contributed by atoms with van der Waals surface area (Å²) in [6.45, 7) is 5.44. The zero-order valence-electron chi connectivity index (χ0n) is 9.12. The van der Waals surface area contributed by atoms with Crippen molar-refractivity contribution in [1.29, 1.82) is 0 Å². The van der Waals surface area contributed by atoms with E-state index in [4.69, 9.17) is 9.47 Å². The molecule has 3 heteroatoms. The maximum absolute atomic E-state index is 10.4. The standard InChI is InChI=1S/C11H20O3/c1-3-11(13-7-8-14-11)6-4-5-10(2)9-12/h9-10H,3-8H2,1-2H3.